The zero-order chi connectivity index (χ0) is 21.9. The predicted molar refractivity (Wildman–Crippen MR) is 101 cm³/mol. The van der Waals surface area contributed by atoms with E-state index in [9.17, 15) is 31.1 Å². The molecule has 1 aromatic heterocycles. The Bertz CT molecular complexity index is 941. The number of hydrogen-bond donors (Lipinski definition) is 1. The Morgan fingerprint density at radius 3 is 2.33 bits per heavy atom. The van der Waals surface area contributed by atoms with Crippen molar-refractivity contribution < 1.29 is 31.1 Å². The van der Waals surface area contributed by atoms with E-state index < -0.39 is 23.2 Å². The van der Waals surface area contributed by atoms with Crippen LogP contribution in [-0.2, 0) is 11.0 Å². The van der Waals surface area contributed by atoms with E-state index in [2.05, 4.69) is 10.3 Å². The number of carbonyl (C=O) groups is 1. The molecule has 0 aliphatic carbocycles. The van der Waals surface area contributed by atoms with Crippen LogP contribution in [0.4, 0.5) is 37.8 Å². The standard InChI is InChI=1S/C19H15F6N3OS/c20-18(21,22)15-2-1-9-26-16(15)28-10-7-12(8-11-28)17(29)27-13-3-5-14(6-4-13)30-19(23,24)25/h1-7,9H,8,10-11H2,(H,27,29). The van der Waals surface area contributed by atoms with Crippen molar-refractivity contribution >= 4 is 29.2 Å². The van der Waals surface area contributed by atoms with Crippen LogP contribution in [0.1, 0.15) is 12.0 Å². The molecule has 0 radical (unpaired) electrons. The fourth-order valence-corrected chi connectivity index (χ4v) is 3.43. The molecule has 1 aliphatic rings. The van der Waals surface area contributed by atoms with E-state index >= 15 is 0 Å². The quantitative estimate of drug-likeness (QED) is 0.498. The van der Waals surface area contributed by atoms with Gasteiger partial charge in [-0.1, -0.05) is 6.08 Å². The topological polar surface area (TPSA) is 45.2 Å². The van der Waals surface area contributed by atoms with Gasteiger partial charge in [0.25, 0.3) is 5.91 Å². The molecule has 1 aromatic carbocycles. The lowest BCUT2D eigenvalue weighted by Crippen LogP contribution is -2.33. The van der Waals surface area contributed by atoms with Gasteiger partial charge in [0.15, 0.2) is 0 Å². The average molecular weight is 447 g/mol. The van der Waals surface area contributed by atoms with Crippen LogP contribution in [0.25, 0.3) is 0 Å². The summed E-state index contributed by atoms with van der Waals surface area (Å²) in [5, 5.41) is 2.58. The Kier molecular flexibility index (Phi) is 6.30. The third-order valence-corrected chi connectivity index (χ3v) is 4.98. The zero-order valence-corrected chi connectivity index (χ0v) is 16.0. The third kappa shape index (κ3) is 5.68. The van der Waals surface area contributed by atoms with Crippen LogP contribution in [0, 0.1) is 0 Å². The van der Waals surface area contributed by atoms with Crippen molar-refractivity contribution in [1.29, 1.82) is 0 Å². The summed E-state index contributed by atoms with van der Waals surface area (Å²) in [6.07, 6.45) is -1.55. The number of carbonyl (C=O) groups excluding carboxylic acids is 1. The summed E-state index contributed by atoms with van der Waals surface area (Å²) in [4.78, 5) is 17.6. The van der Waals surface area contributed by atoms with Gasteiger partial charge in [-0.3, -0.25) is 4.79 Å². The number of anilines is 2. The lowest BCUT2D eigenvalue weighted by atomic mass is 10.1. The normalized spacial score (nSPS) is 15.0. The van der Waals surface area contributed by atoms with Crippen molar-refractivity contribution in [2.75, 3.05) is 23.3 Å². The molecule has 1 aliphatic heterocycles. The number of rotatable bonds is 4. The first kappa shape index (κ1) is 22.0. The van der Waals surface area contributed by atoms with Crippen LogP contribution in [0.5, 0.6) is 0 Å². The van der Waals surface area contributed by atoms with Gasteiger partial charge in [-0.2, -0.15) is 26.3 Å². The van der Waals surface area contributed by atoms with Crippen molar-refractivity contribution in [3.63, 3.8) is 0 Å². The smallest absolute Gasteiger partial charge is 0.352 e. The number of alkyl halides is 6. The van der Waals surface area contributed by atoms with Gasteiger partial charge in [0.1, 0.15) is 5.82 Å². The van der Waals surface area contributed by atoms with Gasteiger partial charge in [0.05, 0.1) is 5.56 Å². The molecule has 0 unspecified atom stereocenters. The fraction of sp³-hybridized carbons (Fsp3) is 0.263. The molecule has 1 N–H and O–H groups in total. The summed E-state index contributed by atoms with van der Waals surface area (Å²) in [6, 6.07) is 7.35. The molecule has 160 valence electrons. The van der Waals surface area contributed by atoms with Crippen molar-refractivity contribution in [1.82, 2.24) is 4.98 Å². The molecule has 0 bridgehead atoms. The summed E-state index contributed by atoms with van der Waals surface area (Å²) in [6.45, 7) is 0.241. The minimum absolute atomic E-state index is 0.0103. The van der Waals surface area contributed by atoms with Crippen molar-refractivity contribution in [2.24, 2.45) is 0 Å². The number of nitrogens with zero attached hydrogens (tertiary/aromatic N) is 2. The van der Waals surface area contributed by atoms with E-state index in [0.29, 0.717) is 11.3 Å². The van der Waals surface area contributed by atoms with Crippen LogP contribution < -0.4 is 10.2 Å². The van der Waals surface area contributed by atoms with Gasteiger partial charge < -0.3 is 10.2 Å². The number of benzene rings is 1. The summed E-state index contributed by atoms with van der Waals surface area (Å²) in [7, 11) is 0. The molecule has 30 heavy (non-hydrogen) atoms. The maximum atomic E-state index is 13.2. The van der Waals surface area contributed by atoms with E-state index in [0.717, 1.165) is 6.07 Å². The Morgan fingerprint density at radius 2 is 1.77 bits per heavy atom. The second kappa shape index (κ2) is 8.58. The van der Waals surface area contributed by atoms with Gasteiger partial charge in [-0.05, 0) is 54.6 Å². The number of hydrogen-bond acceptors (Lipinski definition) is 4. The van der Waals surface area contributed by atoms with Gasteiger partial charge in [0.2, 0.25) is 0 Å². The Balaban J connectivity index is 1.64. The molecule has 1 amide bonds. The maximum absolute atomic E-state index is 13.2. The third-order valence-electron chi connectivity index (χ3n) is 4.24. The zero-order valence-electron chi connectivity index (χ0n) is 15.2. The second-order valence-electron chi connectivity index (χ2n) is 6.32. The van der Waals surface area contributed by atoms with Gasteiger partial charge >= 0.3 is 11.7 Å². The molecular weight excluding hydrogens is 432 g/mol. The van der Waals surface area contributed by atoms with Crippen LogP contribution >= 0.6 is 11.8 Å². The molecule has 0 spiro atoms. The largest absolute Gasteiger partial charge is 0.446 e. The number of amides is 1. The van der Waals surface area contributed by atoms with Crippen LogP contribution in [0.3, 0.4) is 0 Å². The molecule has 2 heterocycles. The highest BCUT2D eigenvalue weighted by Crippen LogP contribution is 2.37. The first-order chi connectivity index (χ1) is 14.0. The Morgan fingerprint density at radius 1 is 1.07 bits per heavy atom. The highest BCUT2D eigenvalue weighted by Gasteiger charge is 2.36. The maximum Gasteiger partial charge on any atom is 0.446 e. The lowest BCUT2D eigenvalue weighted by molar-refractivity contribution is -0.137. The molecule has 11 heteroatoms. The Labute approximate surface area is 172 Å². The summed E-state index contributed by atoms with van der Waals surface area (Å²) in [5.74, 6) is -0.651. The number of aromatic nitrogens is 1. The van der Waals surface area contributed by atoms with Crippen LogP contribution in [0.2, 0.25) is 0 Å². The summed E-state index contributed by atoms with van der Waals surface area (Å²) in [5.41, 5.74) is -4.55. The first-order valence-corrected chi connectivity index (χ1v) is 9.48. The van der Waals surface area contributed by atoms with Gasteiger partial charge in [-0.15, -0.1) is 0 Å². The highest BCUT2D eigenvalue weighted by atomic mass is 32.2. The molecule has 2 aromatic rings. The predicted octanol–water partition coefficient (Wildman–Crippen LogP) is 5.49. The van der Waals surface area contributed by atoms with Gasteiger partial charge in [0, 0.05) is 35.4 Å². The number of nitrogens with one attached hydrogen (secondary N) is 1. The molecular formula is C19H15F6N3OS. The number of thioether (sulfide) groups is 1. The average Bonchev–Trinajstić information content (AvgIpc) is 2.68. The van der Waals surface area contributed by atoms with E-state index in [1.165, 1.54) is 47.5 Å². The lowest BCUT2D eigenvalue weighted by Gasteiger charge is -2.29. The summed E-state index contributed by atoms with van der Waals surface area (Å²) < 4.78 is 76.5. The van der Waals surface area contributed by atoms with Gasteiger partial charge in [-0.25, -0.2) is 4.98 Å². The molecule has 0 saturated heterocycles. The van der Waals surface area contributed by atoms with Crippen molar-refractivity contribution in [3.8, 4) is 0 Å². The number of pyridine rings is 1. The molecule has 4 nitrogen and oxygen atoms in total. The Hall–Kier alpha value is -2.69. The van der Waals surface area contributed by atoms with E-state index in [1.54, 1.807) is 0 Å². The van der Waals surface area contributed by atoms with Crippen LogP contribution in [-0.4, -0.2) is 29.5 Å². The molecule has 0 fully saturated rings. The van der Waals surface area contributed by atoms with Crippen molar-refractivity contribution in [2.45, 2.75) is 23.0 Å². The number of halogens is 6. The second-order valence-corrected chi connectivity index (χ2v) is 7.46. The first-order valence-electron chi connectivity index (χ1n) is 8.66. The SMILES string of the molecule is O=C(Nc1ccc(SC(F)(F)F)cc1)C1=CCN(c2ncccc2C(F)(F)F)CC1. The van der Waals surface area contributed by atoms with E-state index in [-0.39, 0.29) is 42.0 Å². The van der Waals surface area contributed by atoms with E-state index in [1.807, 2.05) is 0 Å². The summed E-state index contributed by atoms with van der Waals surface area (Å²) >= 11 is -0.258. The minimum Gasteiger partial charge on any atom is -0.352 e. The molecule has 0 atom stereocenters. The van der Waals surface area contributed by atoms with Crippen LogP contribution in [0.15, 0.2) is 59.1 Å². The molecule has 3 rings (SSSR count). The highest BCUT2D eigenvalue weighted by molar-refractivity contribution is 8.00. The minimum atomic E-state index is -4.54. The monoisotopic (exact) mass is 447 g/mol. The molecule has 0 saturated carbocycles. The van der Waals surface area contributed by atoms with Crippen molar-refractivity contribution in [3.05, 3.63) is 59.8 Å². The van der Waals surface area contributed by atoms with E-state index in [4.69, 9.17) is 0 Å². The fourth-order valence-electron chi connectivity index (χ4n) is 2.89.